The van der Waals surface area contributed by atoms with Crippen molar-refractivity contribution in [2.45, 2.75) is 38.5 Å². The minimum absolute atomic E-state index is 0.156. The molecule has 3 heteroatoms. The molecule has 0 aliphatic rings. The Morgan fingerprint density at radius 2 is 2.00 bits per heavy atom. The Hall–Kier alpha value is -0.930. The van der Waals surface area contributed by atoms with Crippen molar-refractivity contribution < 1.29 is 9.52 Å². The maximum absolute atomic E-state index is 10.1. The fourth-order valence-electron chi connectivity index (χ4n) is 1.76. The van der Waals surface area contributed by atoms with E-state index in [1.807, 2.05) is 18.2 Å². The smallest absolute Gasteiger partial charge is 0.134 e. The number of hydrogen-bond donors (Lipinski definition) is 1. The number of aliphatic hydroxyl groups is 1. The standard InChI is InChI=1S/C15H20O2S/c1-10-5-6-13-11(7-10)8-14(17-13)12(16)9-18-15(2,3)4/h5-8,12,16H,9H2,1-4H3. The Morgan fingerprint density at radius 1 is 1.28 bits per heavy atom. The lowest BCUT2D eigenvalue weighted by atomic mass is 10.2. The highest BCUT2D eigenvalue weighted by Crippen LogP contribution is 2.31. The van der Waals surface area contributed by atoms with E-state index in [9.17, 15) is 5.11 Å². The lowest BCUT2D eigenvalue weighted by molar-refractivity contribution is 0.176. The number of benzene rings is 1. The molecule has 0 radical (unpaired) electrons. The van der Waals surface area contributed by atoms with Gasteiger partial charge in [-0.2, -0.15) is 11.8 Å². The molecule has 0 saturated heterocycles. The second kappa shape index (κ2) is 4.98. The molecule has 0 spiro atoms. The summed E-state index contributed by atoms with van der Waals surface area (Å²) in [6.07, 6.45) is -0.540. The van der Waals surface area contributed by atoms with Crippen LogP contribution in [-0.2, 0) is 0 Å². The summed E-state index contributed by atoms with van der Waals surface area (Å²) in [5, 5.41) is 11.2. The van der Waals surface area contributed by atoms with Gasteiger partial charge >= 0.3 is 0 Å². The van der Waals surface area contributed by atoms with Crippen LogP contribution in [0.4, 0.5) is 0 Å². The van der Waals surface area contributed by atoms with Gasteiger partial charge in [-0.05, 0) is 25.1 Å². The third kappa shape index (κ3) is 3.30. The Balaban J connectivity index is 2.15. The topological polar surface area (TPSA) is 33.4 Å². The zero-order valence-corrected chi connectivity index (χ0v) is 12.2. The van der Waals surface area contributed by atoms with Gasteiger partial charge in [0.2, 0.25) is 0 Å². The molecular weight excluding hydrogens is 244 g/mol. The van der Waals surface area contributed by atoms with E-state index in [4.69, 9.17) is 4.42 Å². The molecule has 98 valence electrons. The van der Waals surface area contributed by atoms with E-state index in [0.29, 0.717) is 11.5 Å². The third-order valence-corrected chi connectivity index (χ3v) is 4.04. The molecule has 0 aliphatic heterocycles. The quantitative estimate of drug-likeness (QED) is 0.897. The number of aliphatic hydroxyl groups excluding tert-OH is 1. The number of hydrogen-bond acceptors (Lipinski definition) is 3. The summed E-state index contributed by atoms with van der Waals surface area (Å²) in [4.78, 5) is 0. The van der Waals surface area contributed by atoms with Crippen LogP contribution in [0, 0.1) is 6.92 Å². The van der Waals surface area contributed by atoms with E-state index in [1.165, 1.54) is 5.56 Å². The van der Waals surface area contributed by atoms with Crippen molar-refractivity contribution >= 4 is 22.7 Å². The Kier molecular flexibility index (Phi) is 3.74. The zero-order chi connectivity index (χ0) is 13.3. The van der Waals surface area contributed by atoms with Gasteiger partial charge in [-0.1, -0.05) is 32.4 Å². The lowest BCUT2D eigenvalue weighted by Crippen LogP contribution is -2.11. The highest BCUT2D eigenvalue weighted by molar-refractivity contribution is 8.00. The second-order valence-corrected chi connectivity index (χ2v) is 7.48. The molecule has 18 heavy (non-hydrogen) atoms. The van der Waals surface area contributed by atoms with Gasteiger partial charge in [0.15, 0.2) is 0 Å². The Morgan fingerprint density at radius 3 is 2.67 bits per heavy atom. The van der Waals surface area contributed by atoms with Gasteiger partial charge in [0.05, 0.1) is 0 Å². The fourth-order valence-corrected chi connectivity index (χ4v) is 2.58. The highest BCUT2D eigenvalue weighted by atomic mass is 32.2. The van der Waals surface area contributed by atoms with Gasteiger partial charge in [-0.3, -0.25) is 0 Å². The maximum Gasteiger partial charge on any atom is 0.134 e. The van der Waals surface area contributed by atoms with Crippen molar-refractivity contribution in [3.8, 4) is 0 Å². The van der Waals surface area contributed by atoms with E-state index in [1.54, 1.807) is 11.8 Å². The van der Waals surface area contributed by atoms with Crippen LogP contribution < -0.4 is 0 Å². The Labute approximate surface area is 112 Å². The molecule has 1 aromatic carbocycles. The zero-order valence-electron chi connectivity index (χ0n) is 11.4. The van der Waals surface area contributed by atoms with E-state index >= 15 is 0 Å². The normalized spacial score (nSPS) is 14.1. The molecule has 2 aromatic rings. The number of furan rings is 1. The summed E-state index contributed by atoms with van der Waals surface area (Å²) in [6, 6.07) is 7.99. The van der Waals surface area contributed by atoms with Gasteiger partial charge in [-0.15, -0.1) is 0 Å². The summed E-state index contributed by atoms with van der Waals surface area (Å²) >= 11 is 1.74. The van der Waals surface area contributed by atoms with Crippen LogP contribution >= 0.6 is 11.8 Å². The molecule has 2 nitrogen and oxygen atoms in total. The second-order valence-electron chi connectivity index (χ2n) is 5.63. The van der Waals surface area contributed by atoms with Crippen LogP contribution in [0.1, 0.15) is 38.2 Å². The first kappa shape index (κ1) is 13.5. The van der Waals surface area contributed by atoms with Crippen LogP contribution in [0.15, 0.2) is 28.7 Å². The minimum Gasteiger partial charge on any atom is -0.458 e. The van der Waals surface area contributed by atoms with Crippen molar-refractivity contribution in [2.75, 3.05) is 5.75 Å². The van der Waals surface area contributed by atoms with Gasteiger partial charge in [0, 0.05) is 15.9 Å². The molecule has 0 amide bonds. The first-order chi connectivity index (χ1) is 8.35. The van der Waals surface area contributed by atoms with Gasteiger partial charge in [0.1, 0.15) is 17.4 Å². The van der Waals surface area contributed by atoms with Gasteiger partial charge in [0.25, 0.3) is 0 Å². The fraction of sp³-hybridized carbons (Fsp3) is 0.467. The largest absolute Gasteiger partial charge is 0.458 e. The molecule has 1 atom stereocenters. The van der Waals surface area contributed by atoms with Crippen LogP contribution in [0.3, 0.4) is 0 Å². The minimum atomic E-state index is -0.540. The molecule has 0 fully saturated rings. The first-order valence-electron chi connectivity index (χ1n) is 6.17. The van der Waals surface area contributed by atoms with Gasteiger partial charge in [-0.25, -0.2) is 0 Å². The summed E-state index contributed by atoms with van der Waals surface area (Å²) < 4.78 is 5.84. The number of aryl methyl sites for hydroxylation is 1. The molecule has 0 aliphatic carbocycles. The average molecular weight is 264 g/mol. The van der Waals surface area contributed by atoms with Crippen molar-refractivity contribution in [3.05, 3.63) is 35.6 Å². The third-order valence-electron chi connectivity index (χ3n) is 2.69. The molecule has 2 rings (SSSR count). The number of thioether (sulfide) groups is 1. The van der Waals surface area contributed by atoms with E-state index in [0.717, 1.165) is 11.0 Å². The first-order valence-corrected chi connectivity index (χ1v) is 7.16. The summed E-state index contributed by atoms with van der Waals surface area (Å²) in [5.74, 6) is 1.31. The summed E-state index contributed by atoms with van der Waals surface area (Å²) in [5.41, 5.74) is 2.05. The van der Waals surface area contributed by atoms with Crippen molar-refractivity contribution in [2.24, 2.45) is 0 Å². The molecule has 1 aromatic heterocycles. The summed E-state index contributed by atoms with van der Waals surface area (Å²) in [6.45, 7) is 8.49. The molecule has 0 bridgehead atoms. The predicted molar refractivity (Wildman–Crippen MR) is 78.1 cm³/mol. The molecule has 0 saturated carbocycles. The number of rotatable bonds is 3. The predicted octanol–water partition coefficient (Wildman–Crippen LogP) is 4.31. The SMILES string of the molecule is Cc1ccc2oc(C(O)CSC(C)(C)C)cc2c1. The maximum atomic E-state index is 10.1. The van der Waals surface area contributed by atoms with Crippen LogP contribution in [-0.4, -0.2) is 15.6 Å². The van der Waals surface area contributed by atoms with Crippen LogP contribution in [0.2, 0.25) is 0 Å². The monoisotopic (exact) mass is 264 g/mol. The summed E-state index contributed by atoms with van der Waals surface area (Å²) in [7, 11) is 0. The van der Waals surface area contributed by atoms with Crippen LogP contribution in [0.25, 0.3) is 11.0 Å². The van der Waals surface area contributed by atoms with Crippen molar-refractivity contribution in [1.29, 1.82) is 0 Å². The molecule has 1 heterocycles. The van der Waals surface area contributed by atoms with Crippen LogP contribution in [0.5, 0.6) is 0 Å². The van der Waals surface area contributed by atoms with Gasteiger partial charge < -0.3 is 9.52 Å². The molecular formula is C15H20O2S. The van der Waals surface area contributed by atoms with Crippen molar-refractivity contribution in [3.63, 3.8) is 0 Å². The molecule has 1 N–H and O–H groups in total. The lowest BCUT2D eigenvalue weighted by Gasteiger charge is -2.19. The number of fused-ring (bicyclic) bond motifs is 1. The Bertz CT molecular complexity index is 537. The van der Waals surface area contributed by atoms with Crippen molar-refractivity contribution in [1.82, 2.24) is 0 Å². The highest BCUT2D eigenvalue weighted by Gasteiger charge is 2.18. The molecule has 1 unspecified atom stereocenters. The van der Waals surface area contributed by atoms with E-state index < -0.39 is 6.10 Å². The van der Waals surface area contributed by atoms with E-state index in [-0.39, 0.29) is 4.75 Å². The average Bonchev–Trinajstić information content (AvgIpc) is 2.67. The van der Waals surface area contributed by atoms with E-state index in [2.05, 4.69) is 33.8 Å².